The van der Waals surface area contributed by atoms with Crippen LogP contribution in [0.2, 0.25) is 0 Å². The lowest BCUT2D eigenvalue weighted by Crippen LogP contribution is -2.40. The number of likely N-dealkylation sites (tertiary alicyclic amines) is 1. The monoisotopic (exact) mass is 303 g/mol. The number of piperidine rings is 1. The van der Waals surface area contributed by atoms with Crippen molar-refractivity contribution in [2.24, 2.45) is 0 Å². The van der Waals surface area contributed by atoms with Crippen LogP contribution in [0.3, 0.4) is 0 Å². The quantitative estimate of drug-likeness (QED) is 0.880. The minimum Gasteiger partial charge on any atom is -0.342 e. The average molecular weight is 303 g/mol. The van der Waals surface area contributed by atoms with Crippen LogP contribution in [0.4, 0.5) is 0 Å². The predicted octanol–water partition coefficient (Wildman–Crippen LogP) is 0.410. The fourth-order valence-electron chi connectivity index (χ4n) is 2.74. The lowest BCUT2D eigenvalue weighted by atomic mass is 9.94. The third kappa shape index (κ3) is 3.05. The molecular formula is C14H17N5O3. The van der Waals surface area contributed by atoms with Crippen LogP contribution in [0.15, 0.2) is 21.7 Å². The number of carbonyl (C=O) groups is 1. The smallest absolute Gasteiger partial charge is 0.342 e. The average Bonchev–Trinajstić information content (AvgIpc) is 2.92. The number of hydrogen-bond acceptors (Lipinski definition) is 6. The largest absolute Gasteiger partial charge is 0.345 e. The van der Waals surface area contributed by atoms with Crippen molar-refractivity contribution in [3.05, 3.63) is 39.8 Å². The highest BCUT2D eigenvalue weighted by molar-refractivity contribution is 5.78. The molecule has 2 aromatic heterocycles. The van der Waals surface area contributed by atoms with E-state index in [9.17, 15) is 9.59 Å². The Balaban J connectivity index is 1.69. The summed E-state index contributed by atoms with van der Waals surface area (Å²) in [6, 6.07) is 1.80. The molecule has 1 fully saturated rings. The number of rotatable bonds is 3. The Hall–Kier alpha value is -2.51. The van der Waals surface area contributed by atoms with Crippen molar-refractivity contribution in [3.63, 3.8) is 0 Å². The Morgan fingerprint density at radius 3 is 3.09 bits per heavy atom. The number of aryl methyl sites for hydroxylation is 1. The first kappa shape index (κ1) is 14.4. The van der Waals surface area contributed by atoms with Crippen molar-refractivity contribution < 1.29 is 9.42 Å². The van der Waals surface area contributed by atoms with E-state index in [1.807, 2.05) is 0 Å². The van der Waals surface area contributed by atoms with Gasteiger partial charge < -0.3 is 9.88 Å². The molecule has 2 aromatic rings. The Labute approximate surface area is 126 Å². The molecule has 22 heavy (non-hydrogen) atoms. The predicted molar refractivity (Wildman–Crippen MR) is 76.2 cm³/mol. The van der Waals surface area contributed by atoms with Crippen molar-refractivity contribution in [2.75, 3.05) is 13.1 Å². The molecule has 1 saturated heterocycles. The van der Waals surface area contributed by atoms with Crippen molar-refractivity contribution in [1.82, 2.24) is 25.2 Å². The van der Waals surface area contributed by atoms with Crippen LogP contribution in [-0.4, -0.2) is 44.2 Å². The molecule has 1 atom stereocenters. The first-order valence-corrected chi connectivity index (χ1v) is 7.24. The van der Waals surface area contributed by atoms with Crippen LogP contribution in [0.1, 0.15) is 35.8 Å². The number of hydrogen-bond donors (Lipinski definition) is 1. The van der Waals surface area contributed by atoms with E-state index in [-0.39, 0.29) is 23.9 Å². The molecule has 1 aliphatic rings. The Kier molecular flexibility index (Phi) is 3.99. The molecule has 0 radical (unpaired) electrons. The molecule has 3 heterocycles. The van der Waals surface area contributed by atoms with Gasteiger partial charge in [-0.15, -0.1) is 0 Å². The van der Waals surface area contributed by atoms with E-state index in [0.29, 0.717) is 17.9 Å². The first-order chi connectivity index (χ1) is 10.6. The topological polar surface area (TPSA) is 105 Å². The molecule has 1 N–H and O–H groups in total. The van der Waals surface area contributed by atoms with Gasteiger partial charge in [0.15, 0.2) is 0 Å². The number of H-pyrrole nitrogens is 1. The molecule has 0 spiro atoms. The summed E-state index contributed by atoms with van der Waals surface area (Å²) in [6.45, 7) is 3.07. The number of carbonyl (C=O) groups excluding carboxylic acids is 1. The Morgan fingerprint density at radius 1 is 1.50 bits per heavy atom. The molecule has 8 heteroatoms. The summed E-state index contributed by atoms with van der Waals surface area (Å²) < 4.78 is 4.62. The van der Waals surface area contributed by atoms with Gasteiger partial charge in [0.05, 0.1) is 6.42 Å². The van der Waals surface area contributed by atoms with Gasteiger partial charge in [-0.1, -0.05) is 10.3 Å². The van der Waals surface area contributed by atoms with E-state index in [4.69, 9.17) is 0 Å². The van der Waals surface area contributed by atoms with Crippen molar-refractivity contribution in [3.8, 4) is 0 Å². The zero-order chi connectivity index (χ0) is 15.5. The number of amides is 1. The summed E-state index contributed by atoms with van der Waals surface area (Å²) in [5.41, 5.74) is 1.69. The van der Waals surface area contributed by atoms with Gasteiger partial charge in [-0.2, -0.15) is 0 Å². The highest BCUT2D eigenvalue weighted by Crippen LogP contribution is 2.25. The SMILES string of the molecule is Cc1nonc1CC(=O)N1CCC[C@H](c2ccnc(=O)[nH]2)C1. The second kappa shape index (κ2) is 6.08. The second-order valence-corrected chi connectivity index (χ2v) is 5.48. The van der Waals surface area contributed by atoms with Crippen molar-refractivity contribution in [1.29, 1.82) is 0 Å². The van der Waals surface area contributed by atoms with Crippen molar-refractivity contribution >= 4 is 5.91 Å². The van der Waals surface area contributed by atoms with E-state index in [1.54, 1.807) is 17.9 Å². The normalized spacial score (nSPS) is 18.4. The van der Waals surface area contributed by atoms with Gasteiger partial charge in [0.25, 0.3) is 0 Å². The highest BCUT2D eigenvalue weighted by Gasteiger charge is 2.26. The third-order valence-corrected chi connectivity index (χ3v) is 3.98. The van der Waals surface area contributed by atoms with Gasteiger partial charge in [-0.25, -0.2) is 14.4 Å². The molecule has 116 valence electrons. The molecule has 3 rings (SSSR count). The molecule has 0 saturated carbocycles. The van der Waals surface area contributed by atoms with E-state index in [1.165, 1.54) is 6.20 Å². The van der Waals surface area contributed by atoms with Crippen LogP contribution in [-0.2, 0) is 11.2 Å². The first-order valence-electron chi connectivity index (χ1n) is 7.24. The van der Waals surface area contributed by atoms with Gasteiger partial charge in [0.2, 0.25) is 5.91 Å². The van der Waals surface area contributed by atoms with Gasteiger partial charge >= 0.3 is 5.69 Å². The van der Waals surface area contributed by atoms with E-state index >= 15 is 0 Å². The number of nitrogens with zero attached hydrogens (tertiary/aromatic N) is 4. The third-order valence-electron chi connectivity index (χ3n) is 3.98. The van der Waals surface area contributed by atoms with Crippen LogP contribution >= 0.6 is 0 Å². The van der Waals surface area contributed by atoms with E-state index in [2.05, 4.69) is 24.9 Å². The Bertz CT molecular complexity index is 723. The molecule has 1 aliphatic heterocycles. The number of aromatic amines is 1. The summed E-state index contributed by atoms with van der Waals surface area (Å²) in [6.07, 6.45) is 3.53. The minimum atomic E-state index is -0.356. The lowest BCUT2D eigenvalue weighted by molar-refractivity contribution is -0.131. The van der Waals surface area contributed by atoms with Crippen LogP contribution in [0, 0.1) is 6.92 Å². The van der Waals surface area contributed by atoms with Gasteiger partial charge in [0, 0.05) is 30.9 Å². The van der Waals surface area contributed by atoms with Gasteiger partial charge in [-0.3, -0.25) is 4.79 Å². The van der Waals surface area contributed by atoms with Crippen LogP contribution in [0.5, 0.6) is 0 Å². The zero-order valence-electron chi connectivity index (χ0n) is 12.3. The zero-order valence-corrected chi connectivity index (χ0v) is 12.3. The Morgan fingerprint density at radius 2 is 2.36 bits per heavy atom. The molecular weight excluding hydrogens is 286 g/mol. The molecule has 1 amide bonds. The summed E-state index contributed by atoms with van der Waals surface area (Å²) in [7, 11) is 0. The molecule has 0 aliphatic carbocycles. The maximum atomic E-state index is 12.4. The fraction of sp³-hybridized carbons (Fsp3) is 0.500. The van der Waals surface area contributed by atoms with Crippen LogP contribution in [0.25, 0.3) is 0 Å². The summed E-state index contributed by atoms with van der Waals surface area (Å²) in [5, 5.41) is 7.43. The molecule has 0 unspecified atom stereocenters. The highest BCUT2D eigenvalue weighted by atomic mass is 16.6. The molecule has 8 nitrogen and oxygen atoms in total. The second-order valence-electron chi connectivity index (χ2n) is 5.48. The minimum absolute atomic E-state index is 0.0000898. The lowest BCUT2D eigenvalue weighted by Gasteiger charge is -2.32. The van der Waals surface area contributed by atoms with E-state index in [0.717, 1.165) is 25.1 Å². The van der Waals surface area contributed by atoms with Crippen LogP contribution < -0.4 is 5.69 Å². The number of aromatic nitrogens is 4. The number of nitrogens with one attached hydrogen (secondary N) is 1. The van der Waals surface area contributed by atoms with Gasteiger partial charge in [0.1, 0.15) is 11.4 Å². The van der Waals surface area contributed by atoms with E-state index < -0.39 is 0 Å². The summed E-state index contributed by atoms with van der Waals surface area (Å²) in [4.78, 5) is 31.9. The fourth-order valence-corrected chi connectivity index (χ4v) is 2.74. The summed E-state index contributed by atoms with van der Waals surface area (Å²) in [5.74, 6) is 0.129. The maximum absolute atomic E-state index is 12.4. The van der Waals surface area contributed by atoms with Crippen molar-refractivity contribution in [2.45, 2.75) is 32.1 Å². The molecule has 0 bridgehead atoms. The standard InChI is InChI=1S/C14H17N5O3/c1-9-12(18-22-17-9)7-13(20)19-6-2-3-10(8-19)11-4-5-15-14(21)16-11/h4-5,10H,2-3,6-8H2,1H3,(H,15,16,21)/t10-/m0/s1. The molecule has 0 aromatic carbocycles. The summed E-state index contributed by atoms with van der Waals surface area (Å²) >= 11 is 0. The maximum Gasteiger partial charge on any atom is 0.345 e. The van der Waals surface area contributed by atoms with Gasteiger partial charge in [-0.05, 0) is 25.8 Å².